The van der Waals surface area contributed by atoms with Crippen LogP contribution in [0.25, 0.3) is 0 Å². The van der Waals surface area contributed by atoms with E-state index in [1.807, 2.05) is 6.92 Å². The van der Waals surface area contributed by atoms with Crippen LogP contribution in [0, 0.1) is 6.92 Å². The number of amides is 1. The highest BCUT2D eigenvalue weighted by atomic mass is 32.1. The Bertz CT molecular complexity index is 465. The van der Waals surface area contributed by atoms with Crippen molar-refractivity contribution < 1.29 is 19.4 Å². The van der Waals surface area contributed by atoms with Crippen LogP contribution in [-0.2, 0) is 9.53 Å². The number of aliphatic carboxylic acids is 1. The lowest BCUT2D eigenvalue weighted by Crippen LogP contribution is -2.35. The van der Waals surface area contributed by atoms with Gasteiger partial charge in [-0.2, -0.15) is 0 Å². The molecular formula is C12H18N2O4S. The van der Waals surface area contributed by atoms with E-state index in [1.165, 1.54) is 11.3 Å². The number of carboxylic acid groups (broad SMARTS) is 1. The molecule has 0 aliphatic heterocycles. The van der Waals surface area contributed by atoms with E-state index in [2.05, 4.69) is 10.3 Å². The number of hydrogen-bond acceptors (Lipinski definition) is 5. The quantitative estimate of drug-likeness (QED) is 0.887. The summed E-state index contributed by atoms with van der Waals surface area (Å²) in [6.45, 7) is 7.04. The summed E-state index contributed by atoms with van der Waals surface area (Å²) in [6, 6.07) is -0.675. The molecule has 1 aromatic rings. The second-order valence-electron chi connectivity index (χ2n) is 5.12. The molecule has 0 saturated carbocycles. The van der Waals surface area contributed by atoms with Crippen molar-refractivity contribution in [2.45, 2.75) is 45.8 Å². The van der Waals surface area contributed by atoms with Gasteiger partial charge in [-0.05, 0) is 27.7 Å². The van der Waals surface area contributed by atoms with Crippen molar-refractivity contribution in [3.05, 3.63) is 16.1 Å². The second-order valence-corrected chi connectivity index (χ2v) is 6.01. The van der Waals surface area contributed by atoms with Gasteiger partial charge in [0.25, 0.3) is 0 Å². The van der Waals surface area contributed by atoms with Gasteiger partial charge in [0.2, 0.25) is 0 Å². The molecule has 1 rings (SSSR count). The number of hydrogen-bond donors (Lipinski definition) is 2. The zero-order chi connectivity index (χ0) is 14.6. The Morgan fingerprint density at radius 3 is 2.58 bits per heavy atom. The third-order valence-corrected chi connectivity index (χ3v) is 3.08. The number of rotatable bonds is 4. The zero-order valence-corrected chi connectivity index (χ0v) is 12.2. The molecule has 6 nitrogen and oxygen atoms in total. The molecule has 0 bridgehead atoms. The van der Waals surface area contributed by atoms with Crippen molar-refractivity contribution in [1.29, 1.82) is 0 Å². The summed E-state index contributed by atoms with van der Waals surface area (Å²) in [5.41, 5.74) is 0.165. The van der Waals surface area contributed by atoms with Gasteiger partial charge in [-0.1, -0.05) is 0 Å². The number of carbonyl (C=O) groups excluding carboxylic acids is 1. The summed E-state index contributed by atoms with van der Waals surface area (Å²) in [7, 11) is 0. The van der Waals surface area contributed by atoms with E-state index in [4.69, 9.17) is 9.84 Å². The van der Waals surface area contributed by atoms with Gasteiger partial charge < -0.3 is 15.2 Å². The molecule has 1 heterocycles. The highest BCUT2D eigenvalue weighted by molar-refractivity contribution is 7.09. The third kappa shape index (κ3) is 5.69. The first-order valence-electron chi connectivity index (χ1n) is 5.80. The number of thiazole rings is 1. The lowest BCUT2D eigenvalue weighted by molar-refractivity contribution is -0.137. The van der Waals surface area contributed by atoms with Crippen LogP contribution >= 0.6 is 11.3 Å². The molecule has 0 spiro atoms. The maximum atomic E-state index is 11.7. The normalized spacial score (nSPS) is 12.8. The minimum absolute atomic E-state index is 0.230. The van der Waals surface area contributed by atoms with Crippen LogP contribution in [0.15, 0.2) is 5.38 Å². The van der Waals surface area contributed by atoms with Gasteiger partial charge in [-0.15, -0.1) is 11.3 Å². The Kier molecular flexibility index (Phi) is 4.88. The number of nitrogens with zero attached hydrogens (tertiary/aromatic N) is 1. The fraction of sp³-hybridized carbons (Fsp3) is 0.583. The van der Waals surface area contributed by atoms with Gasteiger partial charge in [0.15, 0.2) is 0 Å². The largest absolute Gasteiger partial charge is 0.481 e. The molecule has 2 N–H and O–H groups in total. The first kappa shape index (κ1) is 15.4. The van der Waals surface area contributed by atoms with Gasteiger partial charge >= 0.3 is 12.1 Å². The molecule has 1 unspecified atom stereocenters. The summed E-state index contributed by atoms with van der Waals surface area (Å²) < 4.78 is 5.11. The van der Waals surface area contributed by atoms with Crippen molar-refractivity contribution in [3.63, 3.8) is 0 Å². The molecule has 0 aliphatic carbocycles. The lowest BCUT2D eigenvalue weighted by atomic mass is 10.2. The van der Waals surface area contributed by atoms with Crippen LogP contribution < -0.4 is 5.32 Å². The van der Waals surface area contributed by atoms with Gasteiger partial charge in [0.1, 0.15) is 10.6 Å². The second kappa shape index (κ2) is 6.01. The van der Waals surface area contributed by atoms with Crippen LogP contribution in [0.5, 0.6) is 0 Å². The summed E-state index contributed by atoms with van der Waals surface area (Å²) in [4.78, 5) is 26.7. The number of ether oxygens (including phenoxy) is 1. The third-order valence-electron chi connectivity index (χ3n) is 2.00. The van der Waals surface area contributed by atoms with Crippen molar-refractivity contribution in [1.82, 2.24) is 10.3 Å². The van der Waals surface area contributed by atoms with Crippen LogP contribution in [0.2, 0.25) is 0 Å². The van der Waals surface area contributed by atoms with E-state index in [-0.39, 0.29) is 6.42 Å². The average molecular weight is 286 g/mol. The monoisotopic (exact) mass is 286 g/mol. The molecule has 0 saturated heterocycles. The molecule has 1 aromatic heterocycles. The highest BCUT2D eigenvalue weighted by Gasteiger charge is 2.24. The van der Waals surface area contributed by atoms with E-state index in [1.54, 1.807) is 26.2 Å². The van der Waals surface area contributed by atoms with Gasteiger partial charge in [0.05, 0.1) is 12.5 Å². The maximum Gasteiger partial charge on any atom is 0.408 e. The molecule has 0 fully saturated rings. The van der Waals surface area contributed by atoms with Gasteiger partial charge in [-0.25, -0.2) is 9.78 Å². The summed E-state index contributed by atoms with van der Waals surface area (Å²) in [5.74, 6) is -1.01. The lowest BCUT2D eigenvalue weighted by Gasteiger charge is -2.22. The first-order valence-corrected chi connectivity index (χ1v) is 6.68. The maximum absolute atomic E-state index is 11.7. The fourth-order valence-corrected chi connectivity index (χ4v) is 2.20. The van der Waals surface area contributed by atoms with Crippen molar-refractivity contribution in [2.24, 2.45) is 0 Å². The zero-order valence-electron chi connectivity index (χ0n) is 11.4. The van der Waals surface area contributed by atoms with Crippen LogP contribution in [-0.4, -0.2) is 27.8 Å². The van der Waals surface area contributed by atoms with Crippen molar-refractivity contribution in [2.75, 3.05) is 0 Å². The Labute approximate surface area is 115 Å². The summed E-state index contributed by atoms with van der Waals surface area (Å²) in [6.07, 6.45) is -0.877. The Morgan fingerprint density at radius 2 is 2.16 bits per heavy atom. The molecule has 0 aromatic carbocycles. The summed E-state index contributed by atoms with van der Waals surface area (Å²) in [5, 5.41) is 13.8. The Hall–Kier alpha value is -1.63. The molecule has 19 heavy (non-hydrogen) atoms. The van der Waals surface area contributed by atoms with Crippen molar-refractivity contribution >= 4 is 23.4 Å². The number of nitrogens with one attached hydrogen (secondary N) is 1. The molecule has 7 heteroatoms. The van der Waals surface area contributed by atoms with E-state index in [9.17, 15) is 9.59 Å². The Morgan fingerprint density at radius 1 is 1.53 bits per heavy atom. The number of carboxylic acids is 1. The van der Waals surface area contributed by atoms with Crippen molar-refractivity contribution in [3.8, 4) is 0 Å². The average Bonchev–Trinajstić information content (AvgIpc) is 2.60. The van der Waals surface area contributed by atoms with Crippen LogP contribution in [0.4, 0.5) is 4.79 Å². The Balaban J connectivity index is 2.76. The molecular weight excluding hydrogens is 268 g/mol. The highest BCUT2D eigenvalue weighted by Crippen LogP contribution is 2.21. The predicted molar refractivity (Wildman–Crippen MR) is 71.2 cm³/mol. The number of carbonyl (C=O) groups is 2. The number of alkyl carbamates (subject to hydrolysis) is 1. The number of aromatic nitrogens is 1. The van der Waals surface area contributed by atoms with Crippen LogP contribution in [0.3, 0.4) is 0 Å². The minimum atomic E-state index is -1.01. The standard InChI is InChI=1S/C12H18N2O4S/c1-7-6-19-10(13-7)8(5-9(15)16)14-11(17)18-12(2,3)4/h6,8H,5H2,1-4H3,(H,14,17)(H,15,16). The molecule has 0 radical (unpaired) electrons. The minimum Gasteiger partial charge on any atom is -0.481 e. The first-order chi connectivity index (χ1) is 8.67. The molecule has 106 valence electrons. The smallest absolute Gasteiger partial charge is 0.408 e. The predicted octanol–water partition coefficient (Wildman–Crippen LogP) is 2.49. The molecule has 1 atom stereocenters. The summed E-state index contributed by atoms with van der Waals surface area (Å²) >= 11 is 1.31. The SMILES string of the molecule is Cc1csc(C(CC(=O)O)NC(=O)OC(C)(C)C)n1. The van der Waals surface area contributed by atoms with E-state index in [0.717, 1.165) is 5.69 Å². The van der Waals surface area contributed by atoms with E-state index < -0.39 is 23.7 Å². The topological polar surface area (TPSA) is 88.5 Å². The number of aryl methyl sites for hydroxylation is 1. The molecule has 1 amide bonds. The van der Waals surface area contributed by atoms with Crippen LogP contribution in [0.1, 0.15) is 43.9 Å². The van der Waals surface area contributed by atoms with E-state index >= 15 is 0 Å². The van der Waals surface area contributed by atoms with Gasteiger partial charge in [0, 0.05) is 11.1 Å². The van der Waals surface area contributed by atoms with E-state index in [0.29, 0.717) is 5.01 Å². The fourth-order valence-electron chi connectivity index (χ4n) is 1.36. The molecule has 0 aliphatic rings. The van der Waals surface area contributed by atoms with Gasteiger partial charge in [-0.3, -0.25) is 4.79 Å².